The van der Waals surface area contributed by atoms with E-state index in [1.165, 1.54) is 5.56 Å². The highest BCUT2D eigenvalue weighted by Gasteiger charge is 2.02. The first kappa shape index (κ1) is 11.1. The SMILES string of the molecule is CCCOc1cccc([C@@H](C)NC)c1. The molecule has 2 nitrogen and oxygen atoms in total. The van der Waals surface area contributed by atoms with Gasteiger partial charge in [0.25, 0.3) is 0 Å². The van der Waals surface area contributed by atoms with E-state index in [1.54, 1.807) is 0 Å². The minimum Gasteiger partial charge on any atom is -0.494 e. The average Bonchev–Trinajstić information content (AvgIpc) is 2.25. The Hall–Kier alpha value is -1.02. The normalized spacial score (nSPS) is 12.5. The predicted molar refractivity (Wildman–Crippen MR) is 59.7 cm³/mol. The molecule has 0 bridgehead atoms. The molecule has 1 rings (SSSR count). The molecule has 1 aromatic carbocycles. The van der Waals surface area contributed by atoms with Crippen LogP contribution < -0.4 is 10.1 Å². The zero-order valence-electron chi connectivity index (χ0n) is 9.21. The van der Waals surface area contributed by atoms with Crippen molar-refractivity contribution in [2.75, 3.05) is 13.7 Å². The van der Waals surface area contributed by atoms with E-state index in [-0.39, 0.29) is 0 Å². The van der Waals surface area contributed by atoms with Crippen molar-refractivity contribution >= 4 is 0 Å². The van der Waals surface area contributed by atoms with Gasteiger partial charge in [0, 0.05) is 6.04 Å². The maximum atomic E-state index is 5.56. The van der Waals surface area contributed by atoms with Gasteiger partial charge in [-0.25, -0.2) is 0 Å². The largest absolute Gasteiger partial charge is 0.494 e. The molecule has 0 spiro atoms. The summed E-state index contributed by atoms with van der Waals surface area (Å²) in [6.45, 7) is 5.04. The Balaban J connectivity index is 2.68. The first-order valence-corrected chi connectivity index (χ1v) is 5.18. The minimum atomic E-state index is 0.375. The number of ether oxygens (including phenoxy) is 1. The molecule has 0 saturated heterocycles. The molecule has 1 atom stereocenters. The molecule has 0 saturated carbocycles. The second-order valence-electron chi connectivity index (χ2n) is 3.43. The first-order valence-electron chi connectivity index (χ1n) is 5.18. The second kappa shape index (κ2) is 5.66. The van der Waals surface area contributed by atoms with Crippen molar-refractivity contribution in [3.8, 4) is 5.75 Å². The van der Waals surface area contributed by atoms with Gasteiger partial charge in [-0.15, -0.1) is 0 Å². The van der Waals surface area contributed by atoms with E-state index in [0.29, 0.717) is 6.04 Å². The van der Waals surface area contributed by atoms with Crippen LogP contribution in [0.25, 0.3) is 0 Å². The molecule has 0 aromatic heterocycles. The molecule has 0 aliphatic rings. The topological polar surface area (TPSA) is 21.3 Å². The van der Waals surface area contributed by atoms with Crippen LogP contribution in [0, 0.1) is 0 Å². The molecule has 0 fully saturated rings. The smallest absolute Gasteiger partial charge is 0.119 e. The van der Waals surface area contributed by atoms with Crippen LogP contribution in [0.15, 0.2) is 24.3 Å². The van der Waals surface area contributed by atoms with Crippen molar-refractivity contribution in [2.24, 2.45) is 0 Å². The summed E-state index contributed by atoms with van der Waals surface area (Å²) in [5.74, 6) is 0.964. The van der Waals surface area contributed by atoms with Gasteiger partial charge in [-0.3, -0.25) is 0 Å². The van der Waals surface area contributed by atoms with E-state index in [1.807, 2.05) is 19.2 Å². The van der Waals surface area contributed by atoms with Gasteiger partial charge in [-0.1, -0.05) is 19.1 Å². The summed E-state index contributed by atoms with van der Waals surface area (Å²) in [4.78, 5) is 0. The molecule has 0 unspecified atom stereocenters. The van der Waals surface area contributed by atoms with Gasteiger partial charge in [0.1, 0.15) is 5.75 Å². The lowest BCUT2D eigenvalue weighted by molar-refractivity contribution is 0.317. The third-order valence-corrected chi connectivity index (χ3v) is 2.26. The van der Waals surface area contributed by atoms with E-state index < -0.39 is 0 Å². The Morgan fingerprint density at radius 2 is 2.21 bits per heavy atom. The summed E-state index contributed by atoms with van der Waals surface area (Å²) in [5, 5.41) is 3.21. The van der Waals surface area contributed by atoms with Crippen LogP contribution in [-0.2, 0) is 0 Å². The van der Waals surface area contributed by atoms with Crippen LogP contribution in [0.4, 0.5) is 0 Å². The lowest BCUT2D eigenvalue weighted by Gasteiger charge is -2.12. The quantitative estimate of drug-likeness (QED) is 0.776. The predicted octanol–water partition coefficient (Wildman–Crippen LogP) is 2.76. The Kier molecular flexibility index (Phi) is 4.47. The van der Waals surface area contributed by atoms with Crippen molar-refractivity contribution in [1.29, 1.82) is 0 Å². The fraction of sp³-hybridized carbons (Fsp3) is 0.500. The third kappa shape index (κ3) is 3.04. The van der Waals surface area contributed by atoms with Crippen molar-refractivity contribution < 1.29 is 4.74 Å². The van der Waals surface area contributed by atoms with E-state index >= 15 is 0 Å². The fourth-order valence-electron chi connectivity index (χ4n) is 1.26. The standard InChI is InChI=1S/C12H19NO/c1-4-8-14-12-7-5-6-11(9-12)10(2)13-3/h5-7,9-10,13H,4,8H2,1-3H3/t10-/m1/s1. The number of rotatable bonds is 5. The Labute approximate surface area is 86.3 Å². The van der Waals surface area contributed by atoms with Crippen LogP contribution in [0.1, 0.15) is 31.9 Å². The number of hydrogen-bond acceptors (Lipinski definition) is 2. The molecule has 1 N–H and O–H groups in total. The summed E-state index contributed by atoms with van der Waals surface area (Å²) in [6.07, 6.45) is 1.05. The molecule has 0 radical (unpaired) electrons. The number of nitrogens with one attached hydrogen (secondary N) is 1. The summed E-state index contributed by atoms with van der Waals surface area (Å²) in [6, 6.07) is 8.62. The van der Waals surface area contributed by atoms with E-state index in [2.05, 4.69) is 31.3 Å². The van der Waals surface area contributed by atoms with Gasteiger partial charge in [0.05, 0.1) is 6.61 Å². The van der Waals surface area contributed by atoms with Crippen molar-refractivity contribution in [3.05, 3.63) is 29.8 Å². The molecule has 1 aromatic rings. The van der Waals surface area contributed by atoms with Crippen LogP contribution >= 0.6 is 0 Å². The highest BCUT2D eigenvalue weighted by Crippen LogP contribution is 2.18. The molecule has 0 heterocycles. The monoisotopic (exact) mass is 193 g/mol. The van der Waals surface area contributed by atoms with Gasteiger partial charge in [-0.2, -0.15) is 0 Å². The van der Waals surface area contributed by atoms with Gasteiger partial charge in [0.15, 0.2) is 0 Å². The van der Waals surface area contributed by atoms with E-state index in [9.17, 15) is 0 Å². The molecule has 14 heavy (non-hydrogen) atoms. The Morgan fingerprint density at radius 1 is 1.43 bits per heavy atom. The van der Waals surface area contributed by atoms with Crippen molar-refractivity contribution in [3.63, 3.8) is 0 Å². The summed E-state index contributed by atoms with van der Waals surface area (Å²) in [7, 11) is 1.96. The Bertz CT molecular complexity index is 273. The Morgan fingerprint density at radius 3 is 2.86 bits per heavy atom. The zero-order chi connectivity index (χ0) is 10.4. The molecule has 78 valence electrons. The highest BCUT2D eigenvalue weighted by atomic mass is 16.5. The summed E-state index contributed by atoms with van der Waals surface area (Å²) >= 11 is 0. The van der Waals surface area contributed by atoms with Gasteiger partial charge >= 0.3 is 0 Å². The maximum absolute atomic E-state index is 5.56. The average molecular weight is 193 g/mol. The molecular formula is C12H19NO. The van der Waals surface area contributed by atoms with Crippen molar-refractivity contribution in [1.82, 2.24) is 5.32 Å². The lowest BCUT2D eigenvalue weighted by Crippen LogP contribution is -2.12. The molecule has 0 aliphatic heterocycles. The van der Waals surface area contributed by atoms with Crippen LogP contribution in [0.5, 0.6) is 5.75 Å². The zero-order valence-corrected chi connectivity index (χ0v) is 9.21. The number of hydrogen-bond donors (Lipinski definition) is 1. The summed E-state index contributed by atoms with van der Waals surface area (Å²) in [5.41, 5.74) is 1.26. The molecule has 2 heteroatoms. The number of benzene rings is 1. The van der Waals surface area contributed by atoms with Gasteiger partial charge in [0.2, 0.25) is 0 Å². The summed E-state index contributed by atoms with van der Waals surface area (Å²) < 4.78 is 5.56. The maximum Gasteiger partial charge on any atom is 0.119 e. The van der Waals surface area contributed by atoms with Crippen molar-refractivity contribution in [2.45, 2.75) is 26.3 Å². The first-order chi connectivity index (χ1) is 6.77. The van der Waals surface area contributed by atoms with Crippen LogP contribution in [-0.4, -0.2) is 13.7 Å². The van der Waals surface area contributed by atoms with Gasteiger partial charge < -0.3 is 10.1 Å². The second-order valence-corrected chi connectivity index (χ2v) is 3.43. The molecular weight excluding hydrogens is 174 g/mol. The molecule has 0 aliphatic carbocycles. The van der Waals surface area contributed by atoms with Crippen LogP contribution in [0.3, 0.4) is 0 Å². The molecule has 0 amide bonds. The highest BCUT2D eigenvalue weighted by molar-refractivity contribution is 5.30. The lowest BCUT2D eigenvalue weighted by atomic mass is 10.1. The third-order valence-electron chi connectivity index (χ3n) is 2.26. The van der Waals surface area contributed by atoms with E-state index in [4.69, 9.17) is 4.74 Å². The fourth-order valence-corrected chi connectivity index (χ4v) is 1.26. The minimum absolute atomic E-state index is 0.375. The van der Waals surface area contributed by atoms with E-state index in [0.717, 1.165) is 18.8 Å². The van der Waals surface area contributed by atoms with Gasteiger partial charge in [-0.05, 0) is 38.1 Å². The van der Waals surface area contributed by atoms with Crippen LogP contribution in [0.2, 0.25) is 0 Å².